The molecule has 2 rings (SSSR count). The zero-order chi connectivity index (χ0) is 16.4. The molecular weight excluding hydrogens is 299 g/mol. The lowest BCUT2D eigenvalue weighted by Crippen LogP contribution is -2.38. The molecule has 0 atom stereocenters. The third-order valence-electron chi connectivity index (χ3n) is 2.97. The van der Waals surface area contributed by atoms with Crippen LogP contribution in [0.3, 0.4) is 0 Å². The molecule has 0 spiro atoms. The number of hydrogen-bond donors (Lipinski definition) is 1. The fourth-order valence-corrected chi connectivity index (χ4v) is 1.88. The number of rotatable bonds is 4. The van der Waals surface area contributed by atoms with Crippen molar-refractivity contribution in [2.75, 3.05) is 25.5 Å². The van der Waals surface area contributed by atoms with Crippen LogP contribution in [0.15, 0.2) is 18.2 Å². The molecule has 1 aromatic carbocycles. The van der Waals surface area contributed by atoms with Gasteiger partial charge < -0.3 is 10.2 Å². The van der Waals surface area contributed by atoms with E-state index >= 15 is 0 Å². The summed E-state index contributed by atoms with van der Waals surface area (Å²) in [5.74, 6) is -2.26. The van der Waals surface area contributed by atoms with Crippen molar-refractivity contribution < 1.29 is 23.7 Å². The number of halogens is 1. The highest BCUT2D eigenvalue weighted by Crippen LogP contribution is 2.21. The summed E-state index contributed by atoms with van der Waals surface area (Å²) in [6, 6.07) is 2.01. The van der Waals surface area contributed by atoms with Gasteiger partial charge in [0.25, 0.3) is 11.6 Å². The Morgan fingerprint density at radius 1 is 1.45 bits per heavy atom. The molecule has 1 heterocycles. The standard InChI is InChI=1S/C12H11FN4O5/c1-15-6-11(19)16(12(15)20)5-10(18)14-9-4-7(17(21)22)2-3-8(9)13/h2-4H,5-6H2,1H3,(H,14,18). The van der Waals surface area contributed by atoms with Gasteiger partial charge in [-0.05, 0) is 6.07 Å². The summed E-state index contributed by atoms with van der Waals surface area (Å²) in [6.07, 6.45) is 0. The molecule has 1 aliphatic rings. The topological polar surface area (TPSA) is 113 Å². The molecule has 1 N–H and O–H groups in total. The van der Waals surface area contributed by atoms with Crippen LogP contribution in [0.25, 0.3) is 0 Å². The molecule has 1 fully saturated rings. The molecule has 116 valence electrons. The molecule has 0 aliphatic carbocycles. The number of likely N-dealkylation sites (N-methyl/N-ethyl adjacent to an activating group) is 1. The van der Waals surface area contributed by atoms with Gasteiger partial charge in [-0.2, -0.15) is 0 Å². The van der Waals surface area contributed by atoms with E-state index in [9.17, 15) is 28.9 Å². The van der Waals surface area contributed by atoms with Crippen LogP contribution >= 0.6 is 0 Å². The second-order valence-electron chi connectivity index (χ2n) is 4.59. The molecule has 0 saturated carbocycles. The number of carbonyl (C=O) groups excluding carboxylic acids is 3. The van der Waals surface area contributed by atoms with E-state index in [4.69, 9.17) is 0 Å². The lowest BCUT2D eigenvalue weighted by Gasteiger charge is -2.14. The van der Waals surface area contributed by atoms with Crippen molar-refractivity contribution in [2.24, 2.45) is 0 Å². The average Bonchev–Trinajstić information content (AvgIpc) is 2.67. The predicted molar refractivity (Wildman–Crippen MR) is 71.4 cm³/mol. The second-order valence-corrected chi connectivity index (χ2v) is 4.59. The zero-order valence-electron chi connectivity index (χ0n) is 11.4. The van der Waals surface area contributed by atoms with Gasteiger partial charge in [0.05, 0.1) is 10.6 Å². The number of anilines is 1. The van der Waals surface area contributed by atoms with E-state index in [0.717, 1.165) is 23.1 Å². The Morgan fingerprint density at radius 2 is 2.14 bits per heavy atom. The SMILES string of the molecule is CN1CC(=O)N(CC(=O)Nc2cc([N+](=O)[O-])ccc2F)C1=O. The maximum Gasteiger partial charge on any atom is 0.327 e. The summed E-state index contributed by atoms with van der Waals surface area (Å²) in [4.78, 5) is 46.6. The number of nitro benzene ring substituents is 1. The normalized spacial score (nSPS) is 14.5. The van der Waals surface area contributed by atoms with E-state index in [1.807, 2.05) is 0 Å². The Kier molecular flexibility index (Phi) is 4.02. The first-order valence-corrected chi connectivity index (χ1v) is 6.09. The highest BCUT2D eigenvalue weighted by molar-refractivity contribution is 6.06. The molecule has 10 heteroatoms. The number of benzene rings is 1. The quantitative estimate of drug-likeness (QED) is 0.496. The predicted octanol–water partition coefficient (Wildman–Crippen LogP) is 0.566. The van der Waals surface area contributed by atoms with Gasteiger partial charge in [-0.1, -0.05) is 0 Å². The molecule has 0 unspecified atom stereocenters. The van der Waals surface area contributed by atoms with E-state index < -0.39 is 46.5 Å². The fourth-order valence-electron chi connectivity index (χ4n) is 1.88. The molecule has 9 nitrogen and oxygen atoms in total. The van der Waals surface area contributed by atoms with Gasteiger partial charge in [-0.15, -0.1) is 0 Å². The largest absolute Gasteiger partial charge is 0.327 e. The van der Waals surface area contributed by atoms with Crippen molar-refractivity contribution in [3.8, 4) is 0 Å². The van der Waals surface area contributed by atoms with Crippen LogP contribution < -0.4 is 5.32 Å². The number of urea groups is 1. The van der Waals surface area contributed by atoms with E-state index in [-0.39, 0.29) is 6.54 Å². The number of nitrogens with one attached hydrogen (secondary N) is 1. The van der Waals surface area contributed by atoms with Gasteiger partial charge in [-0.25, -0.2) is 9.18 Å². The van der Waals surface area contributed by atoms with Crippen molar-refractivity contribution in [2.45, 2.75) is 0 Å². The molecule has 1 saturated heterocycles. The molecule has 0 aromatic heterocycles. The summed E-state index contributed by atoms with van der Waals surface area (Å²) in [5, 5.41) is 12.7. The molecule has 1 aromatic rings. The number of nitrogens with zero attached hydrogens (tertiary/aromatic N) is 3. The van der Waals surface area contributed by atoms with Crippen LogP contribution in [0.2, 0.25) is 0 Å². The van der Waals surface area contributed by atoms with E-state index in [1.165, 1.54) is 7.05 Å². The maximum atomic E-state index is 13.5. The van der Waals surface area contributed by atoms with Crippen LogP contribution in [-0.4, -0.2) is 52.7 Å². The van der Waals surface area contributed by atoms with Gasteiger partial charge in [-0.3, -0.25) is 24.6 Å². The molecule has 22 heavy (non-hydrogen) atoms. The summed E-state index contributed by atoms with van der Waals surface area (Å²) in [5.41, 5.74) is -0.795. The van der Waals surface area contributed by atoms with Crippen molar-refractivity contribution >= 4 is 29.2 Å². The molecule has 1 aliphatic heterocycles. The summed E-state index contributed by atoms with van der Waals surface area (Å²) >= 11 is 0. The van der Waals surface area contributed by atoms with Gasteiger partial charge in [0.15, 0.2) is 0 Å². The first-order valence-electron chi connectivity index (χ1n) is 6.09. The molecule has 0 bridgehead atoms. The Balaban J connectivity index is 2.09. The maximum absolute atomic E-state index is 13.5. The minimum absolute atomic E-state index is 0.142. The third-order valence-corrected chi connectivity index (χ3v) is 2.97. The minimum atomic E-state index is -0.866. The zero-order valence-corrected chi connectivity index (χ0v) is 11.4. The van der Waals surface area contributed by atoms with Gasteiger partial charge in [0.1, 0.15) is 18.9 Å². The number of imide groups is 1. The number of nitro groups is 1. The smallest absolute Gasteiger partial charge is 0.322 e. The highest BCUT2D eigenvalue weighted by atomic mass is 19.1. The van der Waals surface area contributed by atoms with Crippen molar-refractivity contribution in [3.63, 3.8) is 0 Å². The first kappa shape index (κ1) is 15.4. The van der Waals surface area contributed by atoms with Crippen LogP contribution in [0, 0.1) is 15.9 Å². The van der Waals surface area contributed by atoms with E-state index in [2.05, 4.69) is 5.32 Å². The Hall–Kier alpha value is -3.04. The van der Waals surface area contributed by atoms with Crippen LogP contribution in [0.4, 0.5) is 20.6 Å². The van der Waals surface area contributed by atoms with Crippen molar-refractivity contribution in [3.05, 3.63) is 34.1 Å². The summed E-state index contributed by atoms with van der Waals surface area (Å²) < 4.78 is 13.5. The minimum Gasteiger partial charge on any atom is -0.322 e. The number of amides is 4. The first-order chi connectivity index (χ1) is 10.3. The van der Waals surface area contributed by atoms with Crippen LogP contribution in [0.5, 0.6) is 0 Å². The Bertz CT molecular complexity index is 677. The van der Waals surface area contributed by atoms with Crippen molar-refractivity contribution in [1.82, 2.24) is 9.80 Å². The van der Waals surface area contributed by atoms with Crippen molar-refractivity contribution in [1.29, 1.82) is 0 Å². The van der Waals surface area contributed by atoms with Gasteiger partial charge in [0.2, 0.25) is 5.91 Å². The Morgan fingerprint density at radius 3 is 2.68 bits per heavy atom. The van der Waals surface area contributed by atoms with Gasteiger partial charge >= 0.3 is 6.03 Å². The van der Waals surface area contributed by atoms with Gasteiger partial charge in [0, 0.05) is 19.2 Å². The lowest BCUT2D eigenvalue weighted by molar-refractivity contribution is -0.384. The molecular formula is C12H11FN4O5. The Labute approximate surface area is 123 Å². The van der Waals surface area contributed by atoms with E-state index in [0.29, 0.717) is 4.90 Å². The monoisotopic (exact) mass is 310 g/mol. The number of carbonyl (C=O) groups is 3. The molecule has 4 amide bonds. The molecule has 0 radical (unpaired) electrons. The van der Waals surface area contributed by atoms with Crippen LogP contribution in [-0.2, 0) is 9.59 Å². The van der Waals surface area contributed by atoms with Crippen LogP contribution in [0.1, 0.15) is 0 Å². The number of non-ortho nitro benzene ring substituents is 1. The highest BCUT2D eigenvalue weighted by Gasteiger charge is 2.34. The fraction of sp³-hybridized carbons (Fsp3) is 0.250. The van der Waals surface area contributed by atoms with E-state index in [1.54, 1.807) is 0 Å². The lowest BCUT2D eigenvalue weighted by atomic mass is 10.2. The summed E-state index contributed by atoms with van der Waals surface area (Å²) in [6.45, 7) is -0.735. The number of hydrogen-bond acceptors (Lipinski definition) is 5. The third kappa shape index (κ3) is 3.00. The average molecular weight is 310 g/mol. The second kappa shape index (κ2) is 5.76. The summed E-state index contributed by atoms with van der Waals surface area (Å²) in [7, 11) is 1.40.